The average molecular weight is 746 g/mol. The molecule has 0 bridgehead atoms. The van der Waals surface area contributed by atoms with Crippen molar-refractivity contribution in [3.8, 4) is 28.1 Å². The Kier molecular flexibility index (Phi) is 9.51. The number of para-hydroxylation sites is 3. The Labute approximate surface area is 262 Å². The number of benzene rings is 4. The topological polar surface area (TPSA) is 28.6 Å². The molecular weight excluding hydrogens is 723 g/mol. The molecule has 7 rings (SSSR count). The van der Waals surface area contributed by atoms with Gasteiger partial charge in [0.2, 0.25) is 0 Å². The van der Waals surface area contributed by atoms with Crippen molar-refractivity contribution in [1.82, 2.24) is 4.98 Å². The molecule has 2 aliphatic heterocycles. The first kappa shape index (κ1) is 28.2. The number of aromatic nitrogens is 1. The molecule has 0 saturated carbocycles. The molecule has 4 aromatic carbocycles. The van der Waals surface area contributed by atoms with E-state index in [1.165, 1.54) is 11.4 Å². The molecule has 0 N–H and O–H groups in total. The van der Waals surface area contributed by atoms with Crippen molar-refractivity contribution >= 4 is 17.1 Å². The second kappa shape index (κ2) is 12.8. The maximum atomic E-state index is 5.80. The van der Waals surface area contributed by atoms with E-state index in [0.29, 0.717) is 6.61 Å². The van der Waals surface area contributed by atoms with Crippen molar-refractivity contribution in [2.45, 2.75) is 6.61 Å². The molecule has 0 aliphatic carbocycles. The molecule has 5 aromatic rings. The second-order valence-corrected chi connectivity index (χ2v) is 8.41. The summed E-state index contributed by atoms with van der Waals surface area (Å²) in [5.74, 6) is 0.811. The van der Waals surface area contributed by atoms with Gasteiger partial charge in [0.1, 0.15) is 5.75 Å². The van der Waals surface area contributed by atoms with Crippen molar-refractivity contribution in [2.75, 3.05) is 16.8 Å². The molecule has 0 amide bonds. The maximum absolute atomic E-state index is 5.80. The molecule has 6 heteroatoms. The van der Waals surface area contributed by atoms with Gasteiger partial charge in [-0.05, 0) is 31.3 Å². The summed E-state index contributed by atoms with van der Waals surface area (Å²) in [4.78, 5) is 8.68. The zero-order valence-corrected chi connectivity index (χ0v) is 25.9. The van der Waals surface area contributed by atoms with E-state index in [1.807, 2.05) is 60.7 Å². The van der Waals surface area contributed by atoms with E-state index in [9.17, 15) is 0 Å². The van der Waals surface area contributed by atoms with Gasteiger partial charge in [0.25, 0.3) is 0 Å². The standard InChI is InChI=1S/C18H10NO.C14H12N2.Ir.Y/c1-2-6-13(7-3-1)14-8-4-9-15-16(14)12-20-17-10-5-11-19-18(15)17;1-15-11-16(12-7-3-2-4-8-12)14-10-6-5-9-13(14)15;;/h1-6,10-11H,12H2;2-7,9-11H,1H3;;/q-3;-2;+3;. The van der Waals surface area contributed by atoms with E-state index in [0.717, 1.165) is 39.4 Å². The minimum absolute atomic E-state index is 0. The molecule has 0 atom stereocenters. The minimum Gasteiger partial charge on any atom is -0.505 e. The predicted octanol–water partition coefficient (Wildman–Crippen LogP) is 6.90. The summed E-state index contributed by atoms with van der Waals surface area (Å²) in [5.41, 5.74) is 8.43. The molecular formula is C32H22IrN3OY-2. The molecule has 0 saturated heterocycles. The summed E-state index contributed by atoms with van der Waals surface area (Å²) in [6.07, 6.45) is 1.77. The van der Waals surface area contributed by atoms with Crippen molar-refractivity contribution < 1.29 is 57.6 Å². The fourth-order valence-corrected chi connectivity index (χ4v) is 4.46. The molecule has 1 radical (unpaired) electrons. The van der Waals surface area contributed by atoms with Gasteiger partial charge >= 0.3 is 20.1 Å². The monoisotopic (exact) mass is 746 g/mol. The molecule has 0 spiro atoms. The van der Waals surface area contributed by atoms with E-state index >= 15 is 0 Å². The predicted molar refractivity (Wildman–Crippen MR) is 143 cm³/mol. The average Bonchev–Trinajstić information content (AvgIpc) is 3.30. The molecule has 3 heterocycles. The first-order chi connectivity index (χ1) is 17.8. The summed E-state index contributed by atoms with van der Waals surface area (Å²) in [6.45, 7) is 2.59. The van der Waals surface area contributed by atoms with Gasteiger partial charge in [0.05, 0.1) is 5.69 Å². The van der Waals surface area contributed by atoms with Crippen LogP contribution in [0.25, 0.3) is 22.4 Å². The molecule has 0 unspecified atom stereocenters. The van der Waals surface area contributed by atoms with E-state index in [1.54, 1.807) is 6.20 Å². The molecule has 4 nitrogen and oxygen atoms in total. The van der Waals surface area contributed by atoms with Crippen LogP contribution in [0.15, 0.2) is 97.2 Å². The molecule has 0 fully saturated rings. The van der Waals surface area contributed by atoms with Crippen LogP contribution in [0.3, 0.4) is 0 Å². The van der Waals surface area contributed by atoms with Gasteiger partial charge in [-0.1, -0.05) is 12.1 Å². The third-order valence-corrected chi connectivity index (χ3v) is 6.16. The van der Waals surface area contributed by atoms with Crippen LogP contribution in [0, 0.1) is 30.9 Å². The Balaban J connectivity index is 0.000000172. The SMILES string of the molecule is CN1[CH-]N(c2[c-]cccc2)c2ccccc21.[Ir+3].[Y].[c-]1ccccc1-c1[c-]c[c-]c2c1COc1cccnc1-2. The van der Waals surface area contributed by atoms with Gasteiger partial charge < -0.3 is 31.7 Å². The number of ether oxygens (including phenoxy) is 1. The third-order valence-electron chi connectivity index (χ3n) is 6.16. The van der Waals surface area contributed by atoms with Gasteiger partial charge in [0, 0.05) is 56.9 Å². The van der Waals surface area contributed by atoms with E-state index in [4.69, 9.17) is 4.74 Å². The van der Waals surface area contributed by atoms with Crippen molar-refractivity contribution in [1.29, 1.82) is 0 Å². The minimum atomic E-state index is 0. The molecule has 1 aromatic heterocycles. The number of anilines is 3. The first-order valence-electron chi connectivity index (χ1n) is 11.7. The van der Waals surface area contributed by atoms with Gasteiger partial charge in [-0.25, -0.2) is 17.7 Å². The number of rotatable bonds is 2. The number of fused-ring (bicyclic) bond motifs is 4. The Hall–Kier alpha value is -2.82. The maximum Gasteiger partial charge on any atom is 3.00 e. The molecule has 185 valence electrons. The zero-order valence-electron chi connectivity index (χ0n) is 20.7. The van der Waals surface area contributed by atoms with E-state index in [2.05, 4.69) is 83.1 Å². The normalized spacial score (nSPS) is 12.3. The quantitative estimate of drug-likeness (QED) is 0.184. The number of hydrogen-bond acceptors (Lipinski definition) is 4. The van der Waals surface area contributed by atoms with Crippen LogP contribution in [0.4, 0.5) is 17.1 Å². The number of nitrogens with zero attached hydrogens (tertiary/aromatic N) is 3. The summed E-state index contributed by atoms with van der Waals surface area (Å²) in [5, 5.41) is 0. The third kappa shape index (κ3) is 5.62. The molecule has 2 aliphatic rings. The van der Waals surface area contributed by atoms with Crippen molar-refractivity contribution in [2.24, 2.45) is 0 Å². The second-order valence-electron chi connectivity index (χ2n) is 8.41. The van der Waals surface area contributed by atoms with Gasteiger partial charge in [-0.15, -0.1) is 11.8 Å². The van der Waals surface area contributed by atoms with Crippen molar-refractivity contribution in [3.63, 3.8) is 0 Å². The fourth-order valence-electron chi connectivity index (χ4n) is 4.46. The molecule has 38 heavy (non-hydrogen) atoms. The van der Waals surface area contributed by atoms with Crippen LogP contribution in [0.1, 0.15) is 5.56 Å². The van der Waals surface area contributed by atoms with Crippen LogP contribution in [-0.2, 0) is 59.4 Å². The van der Waals surface area contributed by atoms with Crippen LogP contribution in [0.5, 0.6) is 5.75 Å². The summed E-state index contributed by atoms with van der Waals surface area (Å²) in [6, 6.07) is 42.9. The largest absolute Gasteiger partial charge is 3.00 e. The first-order valence-corrected chi connectivity index (χ1v) is 11.7. The van der Waals surface area contributed by atoms with Crippen LogP contribution < -0.4 is 14.5 Å². The van der Waals surface area contributed by atoms with Gasteiger partial charge in [0.15, 0.2) is 0 Å². The summed E-state index contributed by atoms with van der Waals surface area (Å²) >= 11 is 0. The van der Waals surface area contributed by atoms with Crippen LogP contribution in [0.2, 0.25) is 0 Å². The Morgan fingerprint density at radius 2 is 1.55 bits per heavy atom. The number of hydrogen-bond donors (Lipinski definition) is 0. The fraction of sp³-hybridized carbons (Fsp3) is 0.0625. The van der Waals surface area contributed by atoms with Gasteiger partial charge in [-0.2, -0.15) is 54.7 Å². The van der Waals surface area contributed by atoms with Crippen molar-refractivity contribution in [3.05, 3.63) is 134 Å². The Morgan fingerprint density at radius 1 is 0.816 bits per heavy atom. The Morgan fingerprint density at radius 3 is 2.32 bits per heavy atom. The smallest absolute Gasteiger partial charge is 0.505 e. The Bertz CT molecular complexity index is 1480. The van der Waals surface area contributed by atoms with E-state index in [-0.39, 0.29) is 52.8 Å². The van der Waals surface area contributed by atoms with Crippen LogP contribution in [-0.4, -0.2) is 12.0 Å². The summed E-state index contributed by atoms with van der Waals surface area (Å²) in [7, 11) is 2.06. The zero-order chi connectivity index (χ0) is 24.3. The summed E-state index contributed by atoms with van der Waals surface area (Å²) < 4.78 is 5.80. The van der Waals surface area contributed by atoms with Gasteiger partial charge in [-0.3, -0.25) is 17.1 Å². The van der Waals surface area contributed by atoms with Crippen LogP contribution >= 0.6 is 0 Å². The number of pyridine rings is 1. The van der Waals surface area contributed by atoms with E-state index < -0.39 is 0 Å².